The molecule has 1 fully saturated rings. The first kappa shape index (κ1) is 17.2. The van der Waals surface area contributed by atoms with Crippen LogP contribution in [0.3, 0.4) is 0 Å². The Labute approximate surface area is 156 Å². The lowest BCUT2D eigenvalue weighted by molar-refractivity contribution is 0.0766. The molecule has 1 aromatic heterocycles. The SMILES string of the molecule is O=C(c1cc2ccccc2s1)N1CCCN(Cc2ccccc2F)CC1. The van der Waals surface area contributed by atoms with Gasteiger partial charge in [-0.3, -0.25) is 9.69 Å². The van der Waals surface area contributed by atoms with Crippen molar-refractivity contribution in [2.45, 2.75) is 13.0 Å². The Morgan fingerprint density at radius 2 is 1.81 bits per heavy atom. The topological polar surface area (TPSA) is 23.6 Å². The number of carbonyl (C=O) groups is 1. The summed E-state index contributed by atoms with van der Waals surface area (Å²) in [7, 11) is 0. The van der Waals surface area contributed by atoms with E-state index < -0.39 is 0 Å². The molecule has 0 saturated carbocycles. The molecule has 2 heterocycles. The number of fused-ring (bicyclic) bond motifs is 1. The third kappa shape index (κ3) is 3.64. The minimum Gasteiger partial charge on any atom is -0.337 e. The summed E-state index contributed by atoms with van der Waals surface area (Å²) in [6.07, 6.45) is 0.908. The summed E-state index contributed by atoms with van der Waals surface area (Å²) >= 11 is 1.56. The van der Waals surface area contributed by atoms with Gasteiger partial charge in [-0.15, -0.1) is 11.3 Å². The first-order valence-corrected chi connectivity index (χ1v) is 9.76. The standard InChI is InChI=1S/C21H21FN2OS/c22-18-8-3-1-7-17(18)15-23-10-5-11-24(13-12-23)21(25)20-14-16-6-2-4-9-19(16)26-20/h1-4,6-9,14H,5,10-13,15H2. The van der Waals surface area contributed by atoms with E-state index in [1.54, 1.807) is 17.4 Å². The monoisotopic (exact) mass is 368 g/mol. The molecule has 3 nitrogen and oxygen atoms in total. The average Bonchev–Trinajstić information content (AvgIpc) is 2.96. The molecule has 1 aliphatic heterocycles. The van der Waals surface area contributed by atoms with Gasteiger partial charge in [0.05, 0.1) is 4.88 Å². The summed E-state index contributed by atoms with van der Waals surface area (Å²) in [4.78, 5) is 17.9. The van der Waals surface area contributed by atoms with Crippen LogP contribution < -0.4 is 0 Å². The predicted octanol–water partition coefficient (Wildman–Crippen LogP) is 4.39. The lowest BCUT2D eigenvalue weighted by Crippen LogP contribution is -2.34. The highest BCUT2D eigenvalue weighted by molar-refractivity contribution is 7.20. The van der Waals surface area contributed by atoms with Crippen LogP contribution in [-0.4, -0.2) is 41.9 Å². The van der Waals surface area contributed by atoms with Gasteiger partial charge in [0, 0.05) is 43.0 Å². The van der Waals surface area contributed by atoms with Crippen LogP contribution >= 0.6 is 11.3 Å². The van der Waals surface area contributed by atoms with Gasteiger partial charge in [0.2, 0.25) is 0 Å². The summed E-state index contributed by atoms with van der Waals surface area (Å²) in [5.41, 5.74) is 0.719. The number of hydrogen-bond acceptors (Lipinski definition) is 3. The second kappa shape index (κ2) is 7.56. The van der Waals surface area contributed by atoms with E-state index in [1.165, 1.54) is 6.07 Å². The van der Waals surface area contributed by atoms with Crippen LogP contribution in [0.1, 0.15) is 21.7 Å². The molecule has 0 bridgehead atoms. The van der Waals surface area contributed by atoms with Crippen molar-refractivity contribution in [1.29, 1.82) is 0 Å². The maximum atomic E-state index is 13.9. The molecule has 0 spiro atoms. The Balaban J connectivity index is 1.43. The fourth-order valence-electron chi connectivity index (χ4n) is 3.44. The van der Waals surface area contributed by atoms with Crippen LogP contribution in [0.2, 0.25) is 0 Å². The first-order valence-electron chi connectivity index (χ1n) is 8.94. The predicted molar refractivity (Wildman–Crippen MR) is 104 cm³/mol. The largest absolute Gasteiger partial charge is 0.337 e. The number of halogens is 1. The highest BCUT2D eigenvalue weighted by Gasteiger charge is 2.22. The Kier molecular flexibility index (Phi) is 5.00. The van der Waals surface area contributed by atoms with Gasteiger partial charge in [-0.1, -0.05) is 36.4 Å². The highest BCUT2D eigenvalue weighted by atomic mass is 32.1. The van der Waals surface area contributed by atoms with Crippen molar-refractivity contribution in [3.8, 4) is 0 Å². The Bertz CT molecular complexity index is 890. The number of amides is 1. The minimum absolute atomic E-state index is 0.110. The maximum Gasteiger partial charge on any atom is 0.264 e. The number of hydrogen-bond donors (Lipinski definition) is 0. The highest BCUT2D eigenvalue weighted by Crippen LogP contribution is 2.26. The molecular weight excluding hydrogens is 347 g/mol. The lowest BCUT2D eigenvalue weighted by Gasteiger charge is -2.21. The maximum absolute atomic E-state index is 13.9. The van der Waals surface area contributed by atoms with E-state index in [0.29, 0.717) is 13.1 Å². The van der Waals surface area contributed by atoms with Crippen molar-refractivity contribution in [3.05, 3.63) is 70.9 Å². The van der Waals surface area contributed by atoms with Crippen molar-refractivity contribution in [2.75, 3.05) is 26.2 Å². The quantitative estimate of drug-likeness (QED) is 0.685. The zero-order valence-electron chi connectivity index (χ0n) is 14.5. The number of rotatable bonds is 3. The van der Waals surface area contributed by atoms with E-state index in [2.05, 4.69) is 11.0 Å². The third-order valence-electron chi connectivity index (χ3n) is 4.86. The van der Waals surface area contributed by atoms with Gasteiger partial charge in [-0.05, 0) is 30.0 Å². The van der Waals surface area contributed by atoms with Crippen molar-refractivity contribution in [3.63, 3.8) is 0 Å². The zero-order valence-corrected chi connectivity index (χ0v) is 15.3. The van der Waals surface area contributed by atoms with Crippen molar-refractivity contribution in [1.82, 2.24) is 9.80 Å². The van der Waals surface area contributed by atoms with Gasteiger partial charge < -0.3 is 4.90 Å². The van der Waals surface area contributed by atoms with Crippen LogP contribution in [0.25, 0.3) is 10.1 Å². The molecule has 1 aliphatic rings. The van der Waals surface area contributed by atoms with E-state index >= 15 is 0 Å². The molecule has 3 aromatic rings. The normalized spacial score (nSPS) is 16.0. The molecule has 1 amide bonds. The van der Waals surface area contributed by atoms with E-state index in [9.17, 15) is 9.18 Å². The van der Waals surface area contributed by atoms with Gasteiger partial charge in [-0.2, -0.15) is 0 Å². The number of carbonyl (C=O) groups excluding carboxylic acids is 1. The Morgan fingerprint density at radius 3 is 2.65 bits per heavy atom. The van der Waals surface area contributed by atoms with E-state index in [-0.39, 0.29) is 11.7 Å². The summed E-state index contributed by atoms with van der Waals surface area (Å²) in [5.74, 6) is -0.0473. The molecule has 2 aromatic carbocycles. The van der Waals surface area contributed by atoms with Gasteiger partial charge in [-0.25, -0.2) is 4.39 Å². The van der Waals surface area contributed by atoms with E-state index in [1.807, 2.05) is 41.3 Å². The molecule has 5 heteroatoms. The first-order chi connectivity index (χ1) is 12.7. The fraction of sp³-hybridized carbons (Fsp3) is 0.286. The number of benzene rings is 2. The molecule has 0 radical (unpaired) electrons. The van der Waals surface area contributed by atoms with Crippen LogP contribution in [0.15, 0.2) is 54.6 Å². The Morgan fingerprint density at radius 1 is 1.00 bits per heavy atom. The second-order valence-electron chi connectivity index (χ2n) is 6.66. The Hall–Kier alpha value is -2.24. The second-order valence-corrected chi connectivity index (χ2v) is 7.75. The van der Waals surface area contributed by atoms with Gasteiger partial charge in [0.1, 0.15) is 5.82 Å². The van der Waals surface area contributed by atoms with Crippen molar-refractivity contribution < 1.29 is 9.18 Å². The number of nitrogens with zero attached hydrogens (tertiary/aromatic N) is 2. The van der Waals surface area contributed by atoms with Crippen molar-refractivity contribution >= 4 is 27.3 Å². The summed E-state index contributed by atoms with van der Waals surface area (Å²) in [6.45, 7) is 3.68. The fourth-order valence-corrected chi connectivity index (χ4v) is 4.47. The smallest absolute Gasteiger partial charge is 0.264 e. The molecule has 0 N–H and O–H groups in total. The van der Waals surface area contributed by atoms with Crippen molar-refractivity contribution in [2.24, 2.45) is 0 Å². The van der Waals surface area contributed by atoms with Crippen LogP contribution in [-0.2, 0) is 6.54 Å². The molecule has 1 saturated heterocycles. The molecular formula is C21H21FN2OS. The summed E-state index contributed by atoms with van der Waals surface area (Å²) in [5, 5.41) is 1.12. The molecule has 26 heavy (non-hydrogen) atoms. The van der Waals surface area contributed by atoms with Crippen LogP contribution in [0, 0.1) is 5.82 Å². The summed E-state index contributed by atoms with van der Waals surface area (Å²) in [6, 6.07) is 17.0. The zero-order chi connectivity index (χ0) is 17.9. The van der Waals surface area contributed by atoms with Crippen LogP contribution in [0.4, 0.5) is 4.39 Å². The molecule has 134 valence electrons. The molecule has 4 rings (SSSR count). The van der Waals surface area contributed by atoms with Gasteiger partial charge in [0.25, 0.3) is 5.91 Å². The minimum atomic E-state index is -0.157. The van der Waals surface area contributed by atoms with E-state index in [0.717, 1.165) is 46.6 Å². The average molecular weight is 368 g/mol. The summed E-state index contributed by atoms with van der Waals surface area (Å²) < 4.78 is 15.0. The van der Waals surface area contributed by atoms with E-state index in [4.69, 9.17) is 0 Å². The van der Waals surface area contributed by atoms with Crippen LogP contribution in [0.5, 0.6) is 0 Å². The molecule has 0 unspecified atom stereocenters. The lowest BCUT2D eigenvalue weighted by atomic mass is 10.2. The van der Waals surface area contributed by atoms with Gasteiger partial charge in [0.15, 0.2) is 0 Å². The third-order valence-corrected chi connectivity index (χ3v) is 5.97. The molecule has 0 aliphatic carbocycles. The number of thiophene rings is 1. The van der Waals surface area contributed by atoms with Gasteiger partial charge >= 0.3 is 0 Å². The molecule has 0 atom stereocenters.